The van der Waals surface area contributed by atoms with Crippen molar-refractivity contribution in [1.29, 1.82) is 0 Å². The first-order valence-corrected chi connectivity index (χ1v) is 14.2. The molecule has 0 spiro atoms. The van der Waals surface area contributed by atoms with E-state index in [1.807, 2.05) is 30.3 Å². The van der Waals surface area contributed by atoms with Gasteiger partial charge >= 0.3 is 0 Å². The molecule has 0 radical (unpaired) electrons. The molecule has 2 aromatic carbocycles. The van der Waals surface area contributed by atoms with Crippen LogP contribution in [0.2, 0.25) is 0 Å². The first kappa shape index (κ1) is 31.0. The van der Waals surface area contributed by atoms with Gasteiger partial charge in [0.15, 0.2) is 6.10 Å². The molecule has 40 heavy (non-hydrogen) atoms. The maximum Gasteiger partial charge on any atom is 0.299 e. The van der Waals surface area contributed by atoms with E-state index in [0.29, 0.717) is 17.7 Å². The first-order chi connectivity index (χ1) is 18.8. The van der Waals surface area contributed by atoms with E-state index < -0.39 is 47.0 Å². The van der Waals surface area contributed by atoms with Crippen LogP contribution >= 0.6 is 11.3 Å². The molecular weight excluding hydrogens is 573 g/mol. The SMILES string of the molecule is Cc1sc(CN(CCCc2ccccc2)C(=O)C(O)c2ccc(OCC(F)F)cc2F)nc1C(=O)NS(N)(=O)=O. The molecule has 10 nitrogen and oxygen atoms in total. The predicted molar refractivity (Wildman–Crippen MR) is 140 cm³/mol. The highest BCUT2D eigenvalue weighted by atomic mass is 32.2. The van der Waals surface area contributed by atoms with Crippen LogP contribution < -0.4 is 14.6 Å². The van der Waals surface area contributed by atoms with E-state index in [1.165, 1.54) is 11.8 Å². The van der Waals surface area contributed by atoms with Crippen LogP contribution in [0.5, 0.6) is 5.75 Å². The van der Waals surface area contributed by atoms with E-state index in [9.17, 15) is 36.3 Å². The molecule has 0 bridgehead atoms. The third-order valence-electron chi connectivity index (χ3n) is 5.54. The average Bonchev–Trinajstić information content (AvgIpc) is 3.26. The summed E-state index contributed by atoms with van der Waals surface area (Å²) in [5.41, 5.74) is 0.426. The van der Waals surface area contributed by atoms with E-state index >= 15 is 0 Å². The average molecular weight is 601 g/mol. The lowest BCUT2D eigenvalue weighted by Gasteiger charge is -2.25. The van der Waals surface area contributed by atoms with Gasteiger partial charge in [0, 0.05) is 23.1 Å². The topological polar surface area (TPSA) is 152 Å². The van der Waals surface area contributed by atoms with Crippen LogP contribution in [0.4, 0.5) is 13.2 Å². The maximum absolute atomic E-state index is 14.7. The molecule has 0 aliphatic carbocycles. The number of rotatable bonds is 13. The minimum Gasteiger partial charge on any atom is -0.488 e. The van der Waals surface area contributed by atoms with Crippen molar-refractivity contribution < 1.29 is 41.0 Å². The van der Waals surface area contributed by atoms with Crippen molar-refractivity contribution in [2.75, 3.05) is 13.2 Å². The Bertz CT molecular complexity index is 1440. The number of thiazole rings is 1. The number of amides is 2. The quantitative estimate of drug-likeness (QED) is 0.273. The molecule has 216 valence electrons. The first-order valence-electron chi connectivity index (χ1n) is 11.9. The highest BCUT2D eigenvalue weighted by Gasteiger charge is 2.28. The highest BCUT2D eigenvalue weighted by molar-refractivity contribution is 7.87. The Labute approximate surface area is 232 Å². The molecule has 2 amide bonds. The fraction of sp³-hybridized carbons (Fsp3) is 0.320. The van der Waals surface area contributed by atoms with Crippen LogP contribution in [0, 0.1) is 12.7 Å². The summed E-state index contributed by atoms with van der Waals surface area (Å²) in [7, 11) is -4.33. The number of aryl methyl sites for hydroxylation is 2. The third-order valence-corrected chi connectivity index (χ3v) is 6.97. The van der Waals surface area contributed by atoms with Crippen molar-refractivity contribution in [3.63, 3.8) is 0 Å². The number of halogens is 3. The van der Waals surface area contributed by atoms with Crippen LogP contribution in [0.3, 0.4) is 0 Å². The number of hydrogen-bond acceptors (Lipinski definition) is 8. The number of nitrogens with zero attached hydrogens (tertiary/aromatic N) is 2. The van der Waals surface area contributed by atoms with Crippen LogP contribution in [-0.4, -0.2) is 54.8 Å². The number of benzene rings is 2. The summed E-state index contributed by atoms with van der Waals surface area (Å²) < 4.78 is 68.4. The minimum atomic E-state index is -4.33. The number of alkyl halides is 2. The zero-order chi connectivity index (χ0) is 29.4. The Morgan fingerprint density at radius 2 is 1.90 bits per heavy atom. The Hall–Kier alpha value is -3.53. The number of nitrogens with two attached hydrogens (primary N) is 1. The molecule has 1 atom stereocenters. The number of carbonyl (C=O) groups is 2. The minimum absolute atomic E-state index is 0.124. The van der Waals surface area contributed by atoms with Gasteiger partial charge in [0.25, 0.3) is 28.4 Å². The molecular formula is C25H27F3N4O6S2. The van der Waals surface area contributed by atoms with Crippen LogP contribution in [0.1, 0.15) is 44.0 Å². The fourth-order valence-corrected chi connectivity index (χ4v) is 5.04. The highest BCUT2D eigenvalue weighted by Crippen LogP contribution is 2.26. The van der Waals surface area contributed by atoms with Crippen molar-refractivity contribution in [2.24, 2.45) is 5.14 Å². The van der Waals surface area contributed by atoms with Crippen molar-refractivity contribution in [3.05, 3.63) is 81.1 Å². The molecule has 0 saturated heterocycles. The van der Waals surface area contributed by atoms with Crippen LogP contribution in [-0.2, 0) is 28.0 Å². The van der Waals surface area contributed by atoms with E-state index in [-0.39, 0.29) is 35.1 Å². The molecule has 15 heteroatoms. The summed E-state index contributed by atoms with van der Waals surface area (Å²) in [6.07, 6.45) is -3.65. The van der Waals surface area contributed by atoms with Crippen molar-refractivity contribution in [3.8, 4) is 5.75 Å². The number of ether oxygens (including phenoxy) is 1. The van der Waals surface area contributed by atoms with Crippen molar-refractivity contribution in [2.45, 2.75) is 38.8 Å². The molecule has 3 aromatic rings. The number of aliphatic hydroxyl groups is 1. The Kier molecular flexibility index (Phi) is 10.6. The molecule has 4 N–H and O–H groups in total. The summed E-state index contributed by atoms with van der Waals surface area (Å²) in [6, 6.07) is 12.5. The summed E-state index contributed by atoms with van der Waals surface area (Å²) in [5.74, 6) is -3.12. The zero-order valence-corrected chi connectivity index (χ0v) is 22.9. The molecule has 3 rings (SSSR count). The molecule has 0 saturated carbocycles. The number of aliphatic hydroxyl groups excluding tert-OH is 1. The Morgan fingerprint density at radius 3 is 2.52 bits per heavy atom. The largest absolute Gasteiger partial charge is 0.488 e. The van der Waals surface area contributed by atoms with E-state index in [4.69, 9.17) is 9.88 Å². The second-order valence-electron chi connectivity index (χ2n) is 8.63. The molecule has 0 fully saturated rings. The van der Waals surface area contributed by atoms with Gasteiger partial charge in [-0.1, -0.05) is 30.3 Å². The summed E-state index contributed by atoms with van der Waals surface area (Å²) in [6.45, 7) is 0.540. The third kappa shape index (κ3) is 9.01. The summed E-state index contributed by atoms with van der Waals surface area (Å²) in [5, 5.41) is 15.9. The summed E-state index contributed by atoms with van der Waals surface area (Å²) in [4.78, 5) is 31.3. The van der Waals surface area contributed by atoms with E-state index in [1.54, 1.807) is 4.72 Å². The predicted octanol–water partition coefficient (Wildman–Crippen LogP) is 2.86. The second kappa shape index (κ2) is 13.7. The fourth-order valence-electron chi connectivity index (χ4n) is 3.74. The molecule has 0 aliphatic rings. The van der Waals surface area contributed by atoms with Gasteiger partial charge in [-0.3, -0.25) is 9.59 Å². The van der Waals surface area contributed by atoms with Gasteiger partial charge in [-0.2, -0.15) is 8.42 Å². The van der Waals surface area contributed by atoms with E-state index in [2.05, 4.69) is 4.98 Å². The number of aromatic nitrogens is 1. The van der Waals surface area contributed by atoms with E-state index in [0.717, 1.165) is 35.1 Å². The monoisotopic (exact) mass is 600 g/mol. The molecule has 1 unspecified atom stereocenters. The van der Waals surface area contributed by atoms with Crippen molar-refractivity contribution in [1.82, 2.24) is 14.6 Å². The van der Waals surface area contributed by atoms with Gasteiger partial charge in [0.05, 0.1) is 6.54 Å². The van der Waals surface area contributed by atoms with Gasteiger partial charge < -0.3 is 14.7 Å². The van der Waals surface area contributed by atoms with Gasteiger partial charge in [-0.15, -0.1) is 11.3 Å². The number of hydrogen-bond donors (Lipinski definition) is 3. The lowest BCUT2D eigenvalue weighted by atomic mass is 10.1. The number of nitrogens with one attached hydrogen (secondary N) is 1. The smallest absolute Gasteiger partial charge is 0.299 e. The van der Waals surface area contributed by atoms with Crippen LogP contribution in [0.15, 0.2) is 48.5 Å². The second-order valence-corrected chi connectivity index (χ2v) is 11.2. The van der Waals surface area contributed by atoms with Crippen molar-refractivity contribution >= 4 is 33.4 Å². The lowest BCUT2D eigenvalue weighted by molar-refractivity contribution is -0.141. The normalized spacial score (nSPS) is 12.3. The maximum atomic E-state index is 14.7. The Balaban J connectivity index is 1.81. The molecule has 1 aromatic heterocycles. The Morgan fingerprint density at radius 1 is 1.20 bits per heavy atom. The standard InChI is InChI=1S/C25H27F3N4O6S2/c1-15-22(24(34)31-40(29,36)37)30-21(39-15)13-32(11-5-8-16-6-3-2-4-7-16)25(35)23(33)18-10-9-17(12-19(18)26)38-14-20(27)28/h2-4,6-7,9-10,12,20,23,33H,5,8,11,13-14H2,1H3,(H,31,34)(H2,29,36,37). The lowest BCUT2D eigenvalue weighted by Crippen LogP contribution is -2.37. The summed E-state index contributed by atoms with van der Waals surface area (Å²) >= 11 is 1.03. The van der Waals surface area contributed by atoms with Gasteiger partial charge in [-0.05, 0) is 37.5 Å². The molecule has 1 heterocycles. The van der Waals surface area contributed by atoms with Gasteiger partial charge in [0.1, 0.15) is 28.9 Å². The van der Waals surface area contributed by atoms with Gasteiger partial charge in [-0.25, -0.2) is 28.0 Å². The number of carbonyl (C=O) groups excluding carboxylic acids is 2. The van der Waals surface area contributed by atoms with Gasteiger partial charge in [0.2, 0.25) is 0 Å². The van der Waals surface area contributed by atoms with Crippen LogP contribution in [0.25, 0.3) is 0 Å². The zero-order valence-electron chi connectivity index (χ0n) is 21.2. The molecule has 0 aliphatic heterocycles.